The van der Waals surface area contributed by atoms with Gasteiger partial charge in [0.15, 0.2) is 5.82 Å². The molecule has 1 unspecified atom stereocenters. The number of hydrogen-bond donors (Lipinski definition) is 1. The molecule has 3 heterocycles. The Morgan fingerprint density at radius 3 is 2.84 bits per heavy atom. The van der Waals surface area contributed by atoms with Crippen LogP contribution in [0, 0.1) is 0 Å². The van der Waals surface area contributed by atoms with E-state index >= 15 is 0 Å². The van der Waals surface area contributed by atoms with Gasteiger partial charge in [-0.3, -0.25) is 9.69 Å². The van der Waals surface area contributed by atoms with Gasteiger partial charge in [0.05, 0.1) is 11.7 Å². The zero-order chi connectivity index (χ0) is 17.2. The Labute approximate surface area is 144 Å². The Kier molecular flexibility index (Phi) is 4.12. The van der Waals surface area contributed by atoms with Gasteiger partial charge in [0.1, 0.15) is 5.69 Å². The van der Waals surface area contributed by atoms with E-state index in [4.69, 9.17) is 4.52 Å². The molecule has 0 spiro atoms. The zero-order valence-electron chi connectivity index (χ0n) is 13.8. The van der Waals surface area contributed by atoms with Crippen LogP contribution in [0.1, 0.15) is 11.9 Å². The van der Waals surface area contributed by atoms with Gasteiger partial charge in [-0.1, -0.05) is 23.4 Å². The van der Waals surface area contributed by atoms with E-state index in [9.17, 15) is 4.79 Å². The van der Waals surface area contributed by atoms with E-state index < -0.39 is 0 Å². The Morgan fingerprint density at radius 2 is 2.04 bits per heavy atom. The minimum Gasteiger partial charge on any atom is -0.332 e. The lowest BCUT2D eigenvalue weighted by molar-refractivity contribution is 0.190. The predicted octanol–water partition coefficient (Wildman–Crippen LogP) is 0.859. The molecule has 1 aliphatic heterocycles. The van der Waals surface area contributed by atoms with Crippen molar-refractivity contribution in [2.45, 2.75) is 6.04 Å². The second-order valence-corrected chi connectivity index (χ2v) is 5.96. The molecule has 1 aromatic carbocycles. The molecule has 0 amide bonds. The Bertz CT molecular complexity index is 920. The van der Waals surface area contributed by atoms with Gasteiger partial charge < -0.3 is 9.84 Å². The van der Waals surface area contributed by atoms with E-state index in [1.54, 1.807) is 6.07 Å². The first kappa shape index (κ1) is 15.7. The van der Waals surface area contributed by atoms with Crippen LogP contribution in [0.2, 0.25) is 0 Å². The monoisotopic (exact) mass is 338 g/mol. The molecule has 8 nitrogen and oxygen atoms in total. The molecular formula is C17H18N6O2. The molecule has 1 N–H and O–H groups in total. The van der Waals surface area contributed by atoms with E-state index in [0.29, 0.717) is 23.1 Å². The van der Waals surface area contributed by atoms with Crippen LogP contribution in [-0.2, 0) is 0 Å². The van der Waals surface area contributed by atoms with E-state index in [2.05, 4.69) is 25.5 Å². The number of rotatable bonds is 3. The molecule has 128 valence electrons. The molecule has 25 heavy (non-hydrogen) atoms. The number of piperazine rings is 1. The highest BCUT2D eigenvalue weighted by atomic mass is 16.5. The number of nitrogens with zero attached hydrogens (tertiary/aromatic N) is 5. The van der Waals surface area contributed by atoms with Gasteiger partial charge in [0.2, 0.25) is 0 Å². The fraction of sp³-hybridized carbons (Fsp3) is 0.294. The van der Waals surface area contributed by atoms with Crippen molar-refractivity contribution in [1.82, 2.24) is 30.1 Å². The standard InChI is InChI=1S/C17H18N6O2/c1-22-10-9-18-11-14(22)16-19-17(25-21-16)13-7-8-15(24)23(20-13)12-5-3-2-4-6-12/h2-8,14,18H,9-11H2,1H3. The van der Waals surface area contributed by atoms with Gasteiger partial charge in [-0.2, -0.15) is 14.8 Å². The van der Waals surface area contributed by atoms with Crippen LogP contribution in [-0.4, -0.2) is 51.5 Å². The van der Waals surface area contributed by atoms with Crippen molar-refractivity contribution in [1.29, 1.82) is 0 Å². The van der Waals surface area contributed by atoms with Crippen molar-refractivity contribution in [3.63, 3.8) is 0 Å². The zero-order valence-corrected chi connectivity index (χ0v) is 13.8. The summed E-state index contributed by atoms with van der Waals surface area (Å²) in [5.74, 6) is 0.919. The maximum absolute atomic E-state index is 12.1. The normalized spacial score (nSPS) is 18.4. The highest BCUT2D eigenvalue weighted by molar-refractivity contribution is 5.46. The third-order valence-corrected chi connectivity index (χ3v) is 4.27. The summed E-state index contributed by atoms with van der Waals surface area (Å²) >= 11 is 0. The lowest BCUT2D eigenvalue weighted by atomic mass is 10.2. The van der Waals surface area contributed by atoms with E-state index in [-0.39, 0.29) is 11.6 Å². The van der Waals surface area contributed by atoms with Crippen molar-refractivity contribution in [3.05, 3.63) is 58.6 Å². The molecule has 4 rings (SSSR count). The van der Waals surface area contributed by atoms with Crippen LogP contribution in [0.15, 0.2) is 51.8 Å². The van der Waals surface area contributed by atoms with Gasteiger partial charge in [-0.05, 0) is 25.2 Å². The fourth-order valence-corrected chi connectivity index (χ4v) is 2.85. The van der Waals surface area contributed by atoms with Crippen molar-refractivity contribution in [3.8, 4) is 17.3 Å². The second-order valence-electron chi connectivity index (χ2n) is 5.96. The minimum atomic E-state index is -0.217. The molecule has 1 fully saturated rings. The van der Waals surface area contributed by atoms with Gasteiger partial charge in [0.25, 0.3) is 11.4 Å². The summed E-state index contributed by atoms with van der Waals surface area (Å²) in [6.45, 7) is 2.64. The second kappa shape index (κ2) is 6.58. The van der Waals surface area contributed by atoms with E-state index in [0.717, 1.165) is 19.6 Å². The molecule has 1 atom stereocenters. The molecule has 8 heteroatoms. The third-order valence-electron chi connectivity index (χ3n) is 4.27. The molecule has 0 bridgehead atoms. The number of likely N-dealkylation sites (N-methyl/N-ethyl adjacent to an activating group) is 1. The van der Waals surface area contributed by atoms with Crippen molar-refractivity contribution in [2.75, 3.05) is 26.7 Å². The number of aromatic nitrogens is 4. The summed E-state index contributed by atoms with van der Waals surface area (Å²) in [5, 5.41) is 11.8. The first-order valence-electron chi connectivity index (χ1n) is 8.13. The molecular weight excluding hydrogens is 320 g/mol. The summed E-state index contributed by atoms with van der Waals surface area (Å²) in [6.07, 6.45) is 0. The summed E-state index contributed by atoms with van der Waals surface area (Å²) in [4.78, 5) is 18.8. The molecule has 2 aromatic heterocycles. The molecule has 0 saturated carbocycles. The summed E-state index contributed by atoms with van der Waals surface area (Å²) < 4.78 is 6.72. The highest BCUT2D eigenvalue weighted by Gasteiger charge is 2.25. The first-order valence-corrected chi connectivity index (χ1v) is 8.13. The highest BCUT2D eigenvalue weighted by Crippen LogP contribution is 2.21. The Hall–Kier alpha value is -2.84. The van der Waals surface area contributed by atoms with Crippen LogP contribution in [0.25, 0.3) is 17.3 Å². The minimum absolute atomic E-state index is 0.0614. The van der Waals surface area contributed by atoms with Gasteiger partial charge in [-0.25, -0.2) is 0 Å². The largest absolute Gasteiger partial charge is 0.332 e. The molecule has 0 radical (unpaired) electrons. The average molecular weight is 338 g/mol. The van der Waals surface area contributed by atoms with Gasteiger partial charge in [0, 0.05) is 25.7 Å². The lowest BCUT2D eigenvalue weighted by Crippen LogP contribution is -2.44. The number of hydrogen-bond acceptors (Lipinski definition) is 7. The summed E-state index contributed by atoms with van der Waals surface area (Å²) in [7, 11) is 2.04. The van der Waals surface area contributed by atoms with Crippen LogP contribution in [0.5, 0.6) is 0 Å². The summed E-state index contributed by atoms with van der Waals surface area (Å²) in [6, 6.07) is 12.3. The maximum atomic E-state index is 12.1. The first-order chi connectivity index (χ1) is 12.2. The Morgan fingerprint density at radius 1 is 1.20 bits per heavy atom. The number of nitrogens with one attached hydrogen (secondary N) is 1. The maximum Gasteiger partial charge on any atom is 0.278 e. The number of benzene rings is 1. The van der Waals surface area contributed by atoms with Crippen molar-refractivity contribution < 1.29 is 4.52 Å². The van der Waals surface area contributed by atoms with Crippen LogP contribution in [0.3, 0.4) is 0 Å². The SMILES string of the molecule is CN1CCNCC1c1noc(-c2ccc(=O)n(-c3ccccc3)n2)n1. The molecule has 0 aliphatic carbocycles. The van der Waals surface area contributed by atoms with E-state index in [1.807, 2.05) is 37.4 Å². The van der Waals surface area contributed by atoms with Crippen LogP contribution >= 0.6 is 0 Å². The van der Waals surface area contributed by atoms with Crippen LogP contribution in [0.4, 0.5) is 0 Å². The van der Waals surface area contributed by atoms with Crippen molar-refractivity contribution >= 4 is 0 Å². The fourth-order valence-electron chi connectivity index (χ4n) is 2.85. The number of para-hydroxylation sites is 1. The van der Waals surface area contributed by atoms with Crippen LogP contribution < -0.4 is 10.9 Å². The predicted molar refractivity (Wildman–Crippen MR) is 91.4 cm³/mol. The quantitative estimate of drug-likeness (QED) is 0.757. The topological polar surface area (TPSA) is 89.1 Å². The Balaban J connectivity index is 1.68. The van der Waals surface area contributed by atoms with Gasteiger partial charge in [-0.15, -0.1) is 0 Å². The molecule has 1 aliphatic rings. The smallest absolute Gasteiger partial charge is 0.278 e. The van der Waals surface area contributed by atoms with Gasteiger partial charge >= 0.3 is 0 Å². The average Bonchev–Trinajstić information content (AvgIpc) is 3.13. The lowest BCUT2D eigenvalue weighted by Gasteiger charge is -2.30. The summed E-state index contributed by atoms with van der Waals surface area (Å²) in [5.41, 5.74) is 0.935. The van der Waals surface area contributed by atoms with E-state index in [1.165, 1.54) is 10.7 Å². The van der Waals surface area contributed by atoms with Crippen molar-refractivity contribution in [2.24, 2.45) is 0 Å². The molecule has 3 aromatic rings. The third kappa shape index (κ3) is 3.09. The molecule has 1 saturated heterocycles.